The summed E-state index contributed by atoms with van der Waals surface area (Å²) in [6, 6.07) is 6.49. The van der Waals surface area contributed by atoms with Crippen LogP contribution in [0.3, 0.4) is 0 Å². The van der Waals surface area contributed by atoms with E-state index in [1.807, 2.05) is 4.90 Å². The molecular weight excluding hydrogens is 367 g/mol. The lowest BCUT2D eigenvalue weighted by Gasteiger charge is -2.35. The highest BCUT2D eigenvalue weighted by Gasteiger charge is 2.68. The average Bonchev–Trinajstić information content (AvgIpc) is 3.43. The average molecular weight is 387 g/mol. The van der Waals surface area contributed by atoms with Crippen LogP contribution in [0.5, 0.6) is 11.5 Å². The van der Waals surface area contributed by atoms with Crippen molar-refractivity contribution in [1.82, 2.24) is 4.90 Å². The molecule has 1 fully saturated rings. The molecular formula is C17H20F3N3O4. The van der Waals surface area contributed by atoms with E-state index in [0.717, 1.165) is 6.54 Å². The van der Waals surface area contributed by atoms with Crippen LogP contribution < -0.4 is 9.47 Å². The van der Waals surface area contributed by atoms with E-state index in [4.69, 9.17) is 14.6 Å². The first kappa shape index (κ1) is 19.4. The molecule has 7 nitrogen and oxygen atoms in total. The van der Waals surface area contributed by atoms with E-state index in [9.17, 15) is 18.0 Å². The lowest BCUT2D eigenvalue weighted by molar-refractivity contribution is -0.180. The quantitative estimate of drug-likeness (QED) is 0.742. The number of piperidine rings is 1. The van der Waals surface area contributed by atoms with Gasteiger partial charge in [-0.1, -0.05) is 0 Å². The molecule has 1 aromatic carbocycles. The molecule has 1 atom stereocenters. The Morgan fingerprint density at radius 3 is 2.41 bits per heavy atom. The third-order valence-corrected chi connectivity index (χ3v) is 4.67. The molecule has 2 aliphatic heterocycles. The molecule has 27 heavy (non-hydrogen) atoms. The van der Waals surface area contributed by atoms with E-state index in [0.29, 0.717) is 37.5 Å². The van der Waals surface area contributed by atoms with Crippen LogP contribution in [0.1, 0.15) is 12.8 Å². The molecule has 2 heterocycles. The Kier molecular flexibility index (Phi) is 5.54. The van der Waals surface area contributed by atoms with Crippen LogP contribution in [-0.4, -0.2) is 60.7 Å². The second kappa shape index (κ2) is 7.71. The minimum absolute atomic E-state index is 0.290. The number of ether oxygens (including phenoxy) is 2. The van der Waals surface area contributed by atoms with Crippen molar-refractivity contribution < 1.29 is 32.5 Å². The number of likely N-dealkylation sites (tertiary alicyclic amines) is 1. The number of hydrogen-bond donors (Lipinski definition) is 1. The van der Waals surface area contributed by atoms with E-state index in [2.05, 4.69) is 10.2 Å². The van der Waals surface area contributed by atoms with E-state index in [1.54, 1.807) is 24.3 Å². The van der Waals surface area contributed by atoms with Crippen molar-refractivity contribution >= 4 is 5.97 Å². The maximum absolute atomic E-state index is 13.1. The number of nitrogens with zero attached hydrogens (tertiary/aromatic N) is 3. The fraction of sp³-hybridized carbons (Fsp3) is 0.588. The Balaban J connectivity index is 1.43. The van der Waals surface area contributed by atoms with Crippen molar-refractivity contribution in [3.63, 3.8) is 0 Å². The van der Waals surface area contributed by atoms with Crippen LogP contribution >= 0.6 is 0 Å². The van der Waals surface area contributed by atoms with E-state index < -0.39 is 30.3 Å². The summed E-state index contributed by atoms with van der Waals surface area (Å²) in [6.45, 7) is 1.42. The molecule has 0 radical (unpaired) electrons. The number of hydrogen-bond acceptors (Lipinski definition) is 6. The molecule has 1 N–H and O–H groups in total. The summed E-state index contributed by atoms with van der Waals surface area (Å²) in [7, 11) is 0. The SMILES string of the molecule is O=C(O)COc1ccc(OCCN2CCCC(C3(C(F)(F)F)N=N3)C2)cc1. The molecule has 0 bridgehead atoms. The van der Waals surface area contributed by atoms with E-state index in [-0.39, 0.29) is 6.54 Å². The first-order valence-electron chi connectivity index (χ1n) is 8.61. The second-order valence-electron chi connectivity index (χ2n) is 6.57. The Labute approximate surface area is 153 Å². The van der Waals surface area contributed by atoms with Gasteiger partial charge in [0.05, 0.1) is 0 Å². The van der Waals surface area contributed by atoms with Gasteiger partial charge in [0.2, 0.25) is 0 Å². The first-order chi connectivity index (χ1) is 12.8. The van der Waals surface area contributed by atoms with Crippen molar-refractivity contribution in [3.05, 3.63) is 24.3 Å². The lowest BCUT2D eigenvalue weighted by Crippen LogP contribution is -2.49. The molecule has 10 heteroatoms. The van der Waals surface area contributed by atoms with Gasteiger partial charge in [-0.25, -0.2) is 4.79 Å². The van der Waals surface area contributed by atoms with E-state index in [1.165, 1.54) is 0 Å². The van der Waals surface area contributed by atoms with Gasteiger partial charge in [0.15, 0.2) is 6.61 Å². The smallest absolute Gasteiger partial charge is 0.438 e. The van der Waals surface area contributed by atoms with Gasteiger partial charge in [0.25, 0.3) is 5.66 Å². The number of halogens is 3. The Hall–Kier alpha value is -2.36. The van der Waals surface area contributed by atoms with Crippen LogP contribution in [0, 0.1) is 5.92 Å². The highest BCUT2D eigenvalue weighted by Crippen LogP contribution is 2.51. The highest BCUT2D eigenvalue weighted by molar-refractivity contribution is 5.68. The summed E-state index contributed by atoms with van der Waals surface area (Å²) >= 11 is 0. The van der Waals surface area contributed by atoms with Gasteiger partial charge in [-0.05, 0) is 43.7 Å². The number of aliphatic carboxylic acids is 1. The number of rotatable bonds is 8. The maximum Gasteiger partial charge on any atom is 0.438 e. The van der Waals surface area contributed by atoms with Crippen LogP contribution in [-0.2, 0) is 4.79 Å². The normalized spacial score (nSPS) is 21.7. The molecule has 3 rings (SSSR count). The number of carboxylic acids is 1. The fourth-order valence-electron chi connectivity index (χ4n) is 3.22. The largest absolute Gasteiger partial charge is 0.492 e. The monoisotopic (exact) mass is 387 g/mol. The first-order valence-corrected chi connectivity index (χ1v) is 8.61. The number of carbonyl (C=O) groups is 1. The summed E-state index contributed by atoms with van der Waals surface area (Å²) in [6.07, 6.45) is -3.30. The van der Waals surface area contributed by atoms with Gasteiger partial charge in [-0.2, -0.15) is 13.2 Å². The number of alkyl halides is 3. The molecule has 0 saturated carbocycles. The predicted molar refractivity (Wildman–Crippen MR) is 87.9 cm³/mol. The van der Waals surface area contributed by atoms with Crippen molar-refractivity contribution in [1.29, 1.82) is 0 Å². The summed E-state index contributed by atoms with van der Waals surface area (Å²) in [5.74, 6) is -0.714. The van der Waals surface area contributed by atoms with Crippen LogP contribution in [0.15, 0.2) is 34.5 Å². The molecule has 2 aliphatic rings. The summed E-state index contributed by atoms with van der Waals surface area (Å²) in [5.41, 5.74) is -2.20. The highest BCUT2D eigenvalue weighted by atomic mass is 19.4. The van der Waals surface area contributed by atoms with Gasteiger partial charge in [0, 0.05) is 19.0 Å². The topological polar surface area (TPSA) is 83.7 Å². The van der Waals surface area contributed by atoms with Gasteiger partial charge < -0.3 is 14.6 Å². The van der Waals surface area contributed by atoms with Crippen molar-refractivity contribution in [2.75, 3.05) is 32.8 Å². The zero-order valence-electron chi connectivity index (χ0n) is 14.5. The summed E-state index contributed by atoms with van der Waals surface area (Å²) in [4.78, 5) is 12.4. The molecule has 0 spiro atoms. The number of benzene rings is 1. The Bertz CT molecular complexity index is 688. The van der Waals surface area contributed by atoms with Gasteiger partial charge in [-0.3, -0.25) is 4.90 Å². The second-order valence-corrected chi connectivity index (χ2v) is 6.57. The summed E-state index contributed by atoms with van der Waals surface area (Å²) in [5, 5.41) is 15.2. The molecule has 148 valence electrons. The molecule has 0 amide bonds. The Morgan fingerprint density at radius 2 is 1.85 bits per heavy atom. The molecule has 1 aromatic rings. The minimum Gasteiger partial charge on any atom is -0.492 e. The van der Waals surface area contributed by atoms with Crippen LogP contribution in [0.2, 0.25) is 0 Å². The van der Waals surface area contributed by atoms with Crippen molar-refractivity contribution in [2.24, 2.45) is 16.1 Å². The van der Waals surface area contributed by atoms with Crippen molar-refractivity contribution in [2.45, 2.75) is 24.7 Å². The summed E-state index contributed by atoms with van der Waals surface area (Å²) < 4.78 is 50.1. The minimum atomic E-state index is -4.43. The van der Waals surface area contributed by atoms with Gasteiger partial charge in [0.1, 0.15) is 18.1 Å². The molecule has 1 unspecified atom stereocenters. The number of carboxylic acid groups (broad SMARTS) is 1. The third-order valence-electron chi connectivity index (χ3n) is 4.67. The van der Waals surface area contributed by atoms with Crippen molar-refractivity contribution in [3.8, 4) is 11.5 Å². The van der Waals surface area contributed by atoms with Gasteiger partial charge >= 0.3 is 12.1 Å². The lowest BCUT2D eigenvalue weighted by atomic mass is 9.87. The standard InChI is InChI=1S/C17H20F3N3O4/c18-17(19,20)16(21-22-16)12-2-1-7-23(10-12)8-9-26-13-3-5-14(6-4-13)27-11-15(24)25/h3-6,12H,1-2,7-11H2,(H,24,25). The van der Waals surface area contributed by atoms with Crippen LogP contribution in [0.25, 0.3) is 0 Å². The molecule has 1 saturated heterocycles. The fourth-order valence-corrected chi connectivity index (χ4v) is 3.22. The molecule has 0 aromatic heterocycles. The Morgan fingerprint density at radius 1 is 1.22 bits per heavy atom. The zero-order valence-corrected chi connectivity index (χ0v) is 14.5. The zero-order chi connectivity index (χ0) is 19.5. The molecule has 0 aliphatic carbocycles. The van der Waals surface area contributed by atoms with Gasteiger partial charge in [-0.15, -0.1) is 10.2 Å². The predicted octanol–water partition coefficient (Wildman–Crippen LogP) is 2.97. The van der Waals surface area contributed by atoms with Crippen LogP contribution in [0.4, 0.5) is 13.2 Å². The third kappa shape index (κ3) is 4.68. The maximum atomic E-state index is 13.1. The van der Waals surface area contributed by atoms with E-state index >= 15 is 0 Å².